The van der Waals surface area contributed by atoms with E-state index in [1.807, 2.05) is 29.5 Å². The van der Waals surface area contributed by atoms with Gasteiger partial charge >= 0.3 is 0 Å². The maximum atomic E-state index is 5.32. The Kier molecular flexibility index (Phi) is 6.73. The van der Waals surface area contributed by atoms with Gasteiger partial charge in [-0.3, -0.25) is 0 Å². The zero-order valence-corrected chi connectivity index (χ0v) is 29.3. The molecule has 8 aromatic carbocycles. The Morgan fingerprint density at radius 1 is 0.302 bits per heavy atom. The Bertz CT molecular complexity index is 2980. The summed E-state index contributed by atoms with van der Waals surface area (Å²) in [4.78, 5) is 15.7. The molecule has 0 saturated carbocycles. The van der Waals surface area contributed by atoms with E-state index in [9.17, 15) is 0 Å². The molecule has 246 valence electrons. The van der Waals surface area contributed by atoms with Crippen LogP contribution in [0.5, 0.6) is 0 Å². The molecule has 2 heterocycles. The van der Waals surface area contributed by atoms with E-state index in [0.29, 0.717) is 17.5 Å². The van der Waals surface area contributed by atoms with Gasteiger partial charge in [0.1, 0.15) is 0 Å². The van der Waals surface area contributed by atoms with E-state index in [-0.39, 0.29) is 0 Å². The quantitative estimate of drug-likeness (QED) is 0.180. The van der Waals surface area contributed by atoms with Gasteiger partial charge in [-0.25, -0.2) is 15.0 Å². The van der Waals surface area contributed by atoms with Crippen molar-refractivity contribution in [2.75, 3.05) is 0 Å². The smallest absolute Gasteiger partial charge is 0.164 e. The molecule has 11 rings (SSSR count). The number of thiophene rings is 1. The molecule has 4 heteroatoms. The number of nitrogens with zero attached hydrogens (tertiary/aromatic N) is 3. The maximum absolute atomic E-state index is 5.32. The van der Waals surface area contributed by atoms with Crippen molar-refractivity contribution in [2.24, 2.45) is 0 Å². The lowest BCUT2D eigenvalue weighted by molar-refractivity contribution is 1.08. The van der Waals surface area contributed by atoms with E-state index in [4.69, 9.17) is 15.0 Å². The van der Waals surface area contributed by atoms with E-state index in [2.05, 4.69) is 158 Å². The standard InChI is InChI=1S/C49H29N3S/c1-4-13-30(14-5-1)34-25-35(31-15-6-2-7-16-31)27-36(26-34)48-50-47(33-17-8-3-9-18-33)51-49(52-48)39-23-12-24-43-46(39)42-28-40-37-21-10-19-32-20-11-22-38(45(32)37)41(40)29-44(42)53-43/h1-29H. The van der Waals surface area contributed by atoms with Crippen LogP contribution in [-0.4, -0.2) is 15.0 Å². The van der Waals surface area contributed by atoms with Gasteiger partial charge in [0.2, 0.25) is 0 Å². The highest BCUT2D eigenvalue weighted by Gasteiger charge is 2.24. The second kappa shape index (κ2) is 11.9. The fourth-order valence-corrected chi connectivity index (χ4v) is 9.14. The predicted octanol–water partition coefficient (Wildman–Crippen LogP) is 13.4. The predicted molar refractivity (Wildman–Crippen MR) is 222 cm³/mol. The summed E-state index contributed by atoms with van der Waals surface area (Å²) in [5.74, 6) is 1.95. The van der Waals surface area contributed by atoms with Gasteiger partial charge < -0.3 is 0 Å². The summed E-state index contributed by atoms with van der Waals surface area (Å²) >= 11 is 1.83. The van der Waals surface area contributed by atoms with E-state index < -0.39 is 0 Å². The molecule has 2 aromatic heterocycles. The Hall–Kier alpha value is -6.75. The molecule has 0 aliphatic heterocycles. The fraction of sp³-hybridized carbons (Fsp3) is 0. The molecule has 0 radical (unpaired) electrons. The number of hydrogen-bond acceptors (Lipinski definition) is 4. The number of benzene rings is 8. The van der Waals surface area contributed by atoms with Crippen molar-refractivity contribution in [1.29, 1.82) is 0 Å². The van der Waals surface area contributed by atoms with Gasteiger partial charge in [-0.15, -0.1) is 11.3 Å². The first-order chi connectivity index (χ1) is 26.2. The lowest BCUT2D eigenvalue weighted by Gasteiger charge is -2.13. The Balaban J connectivity index is 1.15. The minimum Gasteiger partial charge on any atom is -0.208 e. The number of hydrogen-bond donors (Lipinski definition) is 0. The Morgan fingerprint density at radius 3 is 1.45 bits per heavy atom. The second-order valence-electron chi connectivity index (χ2n) is 13.6. The molecule has 3 nitrogen and oxygen atoms in total. The van der Waals surface area contributed by atoms with Crippen molar-refractivity contribution in [3.8, 4) is 78.7 Å². The van der Waals surface area contributed by atoms with Crippen LogP contribution in [0.15, 0.2) is 176 Å². The third-order valence-corrected chi connectivity index (χ3v) is 11.6. The van der Waals surface area contributed by atoms with Gasteiger partial charge in [-0.2, -0.15) is 0 Å². The molecule has 0 saturated heterocycles. The van der Waals surface area contributed by atoms with Gasteiger partial charge in [0.25, 0.3) is 0 Å². The van der Waals surface area contributed by atoms with Crippen LogP contribution in [-0.2, 0) is 0 Å². The average molecular weight is 692 g/mol. The zero-order valence-electron chi connectivity index (χ0n) is 28.5. The summed E-state index contributed by atoms with van der Waals surface area (Å²) in [6.07, 6.45) is 0. The molecule has 1 aliphatic rings. The van der Waals surface area contributed by atoms with E-state index >= 15 is 0 Å². The fourth-order valence-electron chi connectivity index (χ4n) is 7.99. The van der Waals surface area contributed by atoms with Crippen LogP contribution in [0.1, 0.15) is 0 Å². The van der Waals surface area contributed by atoms with E-state index in [1.54, 1.807) is 0 Å². The van der Waals surface area contributed by atoms with Crippen LogP contribution in [0.2, 0.25) is 0 Å². The minimum atomic E-state index is 0.642. The molecule has 0 unspecified atom stereocenters. The SMILES string of the molecule is c1ccc(-c2cc(-c3ccccc3)cc(-c3nc(-c4ccccc4)nc(-c4cccc5sc6cc7c(cc6c45)-c4cccc5cccc-7c45)n3)c2)cc1. The Labute approximate surface area is 310 Å². The molecule has 0 amide bonds. The van der Waals surface area contributed by atoms with Crippen molar-refractivity contribution in [2.45, 2.75) is 0 Å². The Morgan fingerprint density at radius 2 is 0.811 bits per heavy atom. The first kappa shape index (κ1) is 29.9. The third-order valence-electron chi connectivity index (χ3n) is 10.4. The molecule has 0 fully saturated rings. The van der Waals surface area contributed by atoms with Crippen LogP contribution in [0.25, 0.3) is 110 Å². The number of rotatable bonds is 5. The van der Waals surface area contributed by atoms with Gasteiger partial charge in [-0.1, -0.05) is 140 Å². The van der Waals surface area contributed by atoms with Crippen molar-refractivity contribution in [1.82, 2.24) is 15.0 Å². The zero-order chi connectivity index (χ0) is 34.9. The van der Waals surface area contributed by atoms with Gasteiger partial charge in [0.05, 0.1) is 0 Å². The lowest BCUT2D eigenvalue weighted by atomic mass is 9.95. The molecule has 0 atom stereocenters. The van der Waals surface area contributed by atoms with Crippen LogP contribution in [0.3, 0.4) is 0 Å². The second-order valence-corrected chi connectivity index (χ2v) is 14.7. The molecule has 0 spiro atoms. The number of fused-ring (bicyclic) bond motifs is 6. The largest absolute Gasteiger partial charge is 0.208 e. The molecule has 0 N–H and O–H groups in total. The normalized spacial score (nSPS) is 11.8. The van der Waals surface area contributed by atoms with Crippen molar-refractivity contribution >= 4 is 42.3 Å². The van der Waals surface area contributed by atoms with Crippen molar-refractivity contribution < 1.29 is 0 Å². The van der Waals surface area contributed by atoms with Gasteiger partial charge in [0.15, 0.2) is 17.5 Å². The van der Waals surface area contributed by atoms with E-state index in [1.165, 1.54) is 53.2 Å². The molecule has 1 aliphatic carbocycles. The van der Waals surface area contributed by atoms with Crippen LogP contribution >= 0.6 is 11.3 Å². The van der Waals surface area contributed by atoms with E-state index in [0.717, 1.165) is 38.9 Å². The summed E-state index contributed by atoms with van der Waals surface area (Å²) in [6, 6.07) is 62.6. The maximum Gasteiger partial charge on any atom is 0.164 e. The third kappa shape index (κ3) is 4.91. The molecule has 53 heavy (non-hydrogen) atoms. The van der Waals surface area contributed by atoms with Gasteiger partial charge in [-0.05, 0) is 91.7 Å². The van der Waals surface area contributed by atoms with Crippen molar-refractivity contribution in [3.63, 3.8) is 0 Å². The highest BCUT2D eigenvalue weighted by Crippen LogP contribution is 2.51. The first-order valence-corrected chi connectivity index (χ1v) is 18.7. The number of aromatic nitrogens is 3. The monoisotopic (exact) mass is 691 g/mol. The summed E-state index contributed by atoms with van der Waals surface area (Å²) in [5.41, 5.74) is 12.6. The first-order valence-electron chi connectivity index (χ1n) is 17.9. The summed E-state index contributed by atoms with van der Waals surface area (Å²) in [6.45, 7) is 0. The minimum absolute atomic E-state index is 0.642. The molecule has 10 aromatic rings. The topological polar surface area (TPSA) is 38.7 Å². The summed E-state index contributed by atoms with van der Waals surface area (Å²) < 4.78 is 2.48. The van der Waals surface area contributed by atoms with Crippen LogP contribution in [0.4, 0.5) is 0 Å². The summed E-state index contributed by atoms with van der Waals surface area (Å²) in [7, 11) is 0. The summed E-state index contributed by atoms with van der Waals surface area (Å²) in [5, 5.41) is 5.03. The highest BCUT2D eigenvalue weighted by molar-refractivity contribution is 7.26. The molecular formula is C49H29N3S. The van der Waals surface area contributed by atoms with Gasteiger partial charge in [0, 0.05) is 36.9 Å². The molecular weight excluding hydrogens is 663 g/mol. The van der Waals surface area contributed by atoms with Crippen LogP contribution in [0, 0.1) is 0 Å². The lowest BCUT2D eigenvalue weighted by Crippen LogP contribution is -2.01. The molecule has 0 bridgehead atoms. The average Bonchev–Trinajstić information content (AvgIpc) is 3.76. The van der Waals surface area contributed by atoms with Crippen LogP contribution < -0.4 is 0 Å². The highest BCUT2D eigenvalue weighted by atomic mass is 32.1. The van der Waals surface area contributed by atoms with Crippen molar-refractivity contribution in [3.05, 3.63) is 176 Å².